The van der Waals surface area contributed by atoms with E-state index in [1.807, 2.05) is 0 Å². The minimum absolute atomic E-state index is 0.0681. The molecular formula is C35H56O9. The summed E-state index contributed by atoms with van der Waals surface area (Å²) in [5.41, 5.74) is -1.91. The molecule has 0 unspecified atom stereocenters. The molecule has 9 heteroatoms. The Morgan fingerprint density at radius 1 is 0.955 bits per heavy atom. The Morgan fingerprint density at radius 2 is 1.61 bits per heavy atom. The van der Waals surface area contributed by atoms with E-state index in [0.717, 1.165) is 44.9 Å². The molecule has 0 aromatic heterocycles. The van der Waals surface area contributed by atoms with Crippen LogP contribution < -0.4 is 0 Å². The Labute approximate surface area is 262 Å². The summed E-state index contributed by atoms with van der Waals surface area (Å²) in [5.74, 6) is 1.22. The molecule has 2 saturated heterocycles. The summed E-state index contributed by atoms with van der Waals surface area (Å²) in [5, 5.41) is 52.2. The Bertz CT molecular complexity index is 1180. The molecule has 44 heavy (non-hydrogen) atoms. The Hall–Kier alpha value is -0.650. The molecule has 9 nitrogen and oxygen atoms in total. The summed E-state index contributed by atoms with van der Waals surface area (Å²) in [6, 6.07) is 0. The van der Waals surface area contributed by atoms with Gasteiger partial charge in [0.05, 0.1) is 24.4 Å². The molecule has 5 N–H and O–H groups in total. The van der Waals surface area contributed by atoms with Crippen molar-refractivity contribution in [3.05, 3.63) is 0 Å². The fourth-order valence-corrected chi connectivity index (χ4v) is 13.0. The van der Waals surface area contributed by atoms with Crippen molar-refractivity contribution in [3.8, 4) is 0 Å². The number of ketones is 1. The highest BCUT2D eigenvalue weighted by atomic mass is 16.7. The summed E-state index contributed by atoms with van der Waals surface area (Å²) in [6.07, 6.45) is 0.738. The first-order valence-corrected chi connectivity index (χ1v) is 17.3. The number of ether oxygens (including phenoxy) is 3. The highest BCUT2D eigenvalue weighted by Gasteiger charge is 2.85. The van der Waals surface area contributed by atoms with Crippen LogP contribution in [0.5, 0.6) is 0 Å². The van der Waals surface area contributed by atoms with Gasteiger partial charge in [-0.2, -0.15) is 0 Å². The summed E-state index contributed by atoms with van der Waals surface area (Å²) in [7, 11) is 0. The van der Waals surface area contributed by atoms with Gasteiger partial charge in [-0.05, 0) is 105 Å². The molecule has 2 spiro atoms. The van der Waals surface area contributed by atoms with Crippen LogP contribution in [0.3, 0.4) is 0 Å². The maximum atomic E-state index is 14.8. The molecule has 0 radical (unpaired) electrons. The molecule has 7 rings (SSSR count). The van der Waals surface area contributed by atoms with Crippen LogP contribution in [0.4, 0.5) is 0 Å². The summed E-state index contributed by atoms with van der Waals surface area (Å²) in [6.45, 7) is 14.5. The van der Waals surface area contributed by atoms with Gasteiger partial charge in [0.2, 0.25) is 0 Å². The molecular weight excluding hydrogens is 564 g/mol. The normalized spacial score (nSPS) is 56.9. The second kappa shape index (κ2) is 9.71. The minimum Gasteiger partial charge on any atom is -0.388 e. The van der Waals surface area contributed by atoms with Crippen molar-refractivity contribution in [1.82, 2.24) is 0 Å². The van der Waals surface area contributed by atoms with Gasteiger partial charge in [-0.15, -0.1) is 0 Å². The van der Waals surface area contributed by atoms with E-state index < -0.39 is 53.9 Å². The second-order valence-electron chi connectivity index (χ2n) is 17.8. The number of carbonyl (C=O) groups excluding carboxylic acids is 1. The number of carbonyl (C=O) groups is 1. The molecule has 16 atom stereocenters. The highest BCUT2D eigenvalue weighted by Crippen LogP contribution is 2.89. The largest absolute Gasteiger partial charge is 0.388 e. The minimum atomic E-state index is -1.31. The smallest absolute Gasteiger partial charge is 0.186 e. The van der Waals surface area contributed by atoms with E-state index in [1.54, 1.807) is 13.8 Å². The summed E-state index contributed by atoms with van der Waals surface area (Å²) < 4.78 is 18.6. The monoisotopic (exact) mass is 620 g/mol. The predicted octanol–water partition coefficient (Wildman–Crippen LogP) is 2.96. The van der Waals surface area contributed by atoms with Gasteiger partial charge in [-0.25, -0.2) is 0 Å². The third-order valence-corrected chi connectivity index (χ3v) is 15.3. The van der Waals surface area contributed by atoms with Crippen molar-refractivity contribution >= 4 is 5.78 Å². The number of Topliss-reactive ketones (excluding diaryl/α,β-unsaturated/α-hetero) is 1. The zero-order chi connectivity index (χ0) is 32.0. The molecule has 0 aromatic carbocycles. The first-order valence-electron chi connectivity index (χ1n) is 17.3. The fourth-order valence-electron chi connectivity index (χ4n) is 13.0. The lowest BCUT2D eigenvalue weighted by Gasteiger charge is -2.62. The Balaban J connectivity index is 1.15. The maximum Gasteiger partial charge on any atom is 0.186 e. The lowest BCUT2D eigenvalue weighted by Crippen LogP contribution is -2.60. The van der Waals surface area contributed by atoms with E-state index in [-0.39, 0.29) is 57.9 Å². The van der Waals surface area contributed by atoms with Crippen molar-refractivity contribution in [3.63, 3.8) is 0 Å². The number of hydrogen-bond donors (Lipinski definition) is 5. The molecule has 2 heterocycles. The van der Waals surface area contributed by atoms with Crippen molar-refractivity contribution < 1.29 is 44.5 Å². The lowest BCUT2D eigenvalue weighted by atomic mass is 9.41. The Morgan fingerprint density at radius 3 is 2.30 bits per heavy atom. The average Bonchev–Trinajstić information content (AvgIpc) is 3.58. The molecule has 5 aliphatic carbocycles. The van der Waals surface area contributed by atoms with E-state index in [1.165, 1.54) is 0 Å². The predicted molar refractivity (Wildman–Crippen MR) is 160 cm³/mol. The molecule has 0 bridgehead atoms. The summed E-state index contributed by atoms with van der Waals surface area (Å²) in [4.78, 5) is 14.8. The Kier molecular flexibility index (Phi) is 7.05. The van der Waals surface area contributed by atoms with Gasteiger partial charge in [0.25, 0.3) is 0 Å². The number of hydrogen-bond acceptors (Lipinski definition) is 9. The van der Waals surface area contributed by atoms with Crippen LogP contribution in [0, 0.1) is 50.7 Å². The van der Waals surface area contributed by atoms with E-state index in [0.29, 0.717) is 12.3 Å². The number of fused-ring (bicyclic) bond motifs is 4. The van der Waals surface area contributed by atoms with Gasteiger partial charge in [0.15, 0.2) is 12.1 Å². The molecule has 7 aliphatic rings. The van der Waals surface area contributed by atoms with Gasteiger partial charge in [0.1, 0.15) is 30.5 Å². The summed E-state index contributed by atoms with van der Waals surface area (Å²) >= 11 is 0. The first kappa shape index (κ1) is 31.9. The average molecular weight is 621 g/mol. The van der Waals surface area contributed by atoms with Crippen LogP contribution in [0.2, 0.25) is 0 Å². The second-order valence-corrected chi connectivity index (χ2v) is 17.8. The third kappa shape index (κ3) is 3.84. The van der Waals surface area contributed by atoms with Crippen molar-refractivity contribution in [2.75, 3.05) is 6.61 Å². The van der Waals surface area contributed by atoms with E-state index in [4.69, 9.17) is 14.2 Å². The highest BCUT2D eigenvalue weighted by molar-refractivity contribution is 5.93. The molecule has 2 aliphatic heterocycles. The zero-order valence-electron chi connectivity index (χ0n) is 27.7. The van der Waals surface area contributed by atoms with Gasteiger partial charge in [-0.1, -0.05) is 34.6 Å². The van der Waals surface area contributed by atoms with Crippen molar-refractivity contribution in [1.29, 1.82) is 0 Å². The van der Waals surface area contributed by atoms with Crippen LogP contribution in [0.1, 0.15) is 99.8 Å². The standard InChI is InChI=1S/C35H56O9/c1-17-14-19(27(39)31(4,5)41)43-26-23(17)32(6)12-13-35-16-34(35)11-10-22(44-29-25(38)24(37)18(36)15-42-29)30(2,3)20(34)8-9-21(35)33(32,7)28(26)40/h17-27,29,36-39,41H,8-16H2,1-7H3/t17-,18-,19+,20+,21+,22+,23+,24+,25-,26-,27+,29+,32-,33-,34-,35+/m1/s1. The first-order chi connectivity index (χ1) is 20.4. The third-order valence-electron chi connectivity index (χ3n) is 15.3. The lowest BCUT2D eigenvalue weighted by molar-refractivity contribution is -0.302. The number of rotatable bonds is 4. The topological polar surface area (TPSA) is 146 Å². The molecule has 250 valence electrons. The quantitative estimate of drug-likeness (QED) is 0.300. The van der Waals surface area contributed by atoms with Crippen LogP contribution in [0.25, 0.3) is 0 Å². The zero-order valence-corrected chi connectivity index (χ0v) is 27.7. The number of aliphatic hydroxyl groups is 5. The van der Waals surface area contributed by atoms with Crippen molar-refractivity contribution in [2.24, 2.45) is 50.7 Å². The van der Waals surface area contributed by atoms with Gasteiger partial charge >= 0.3 is 0 Å². The van der Waals surface area contributed by atoms with Crippen molar-refractivity contribution in [2.45, 2.75) is 154 Å². The van der Waals surface area contributed by atoms with E-state index in [2.05, 4.69) is 34.6 Å². The van der Waals surface area contributed by atoms with Crippen LogP contribution in [-0.4, -0.2) is 92.5 Å². The van der Waals surface area contributed by atoms with Crippen LogP contribution in [-0.2, 0) is 19.0 Å². The maximum absolute atomic E-state index is 14.8. The molecule has 0 amide bonds. The van der Waals surface area contributed by atoms with E-state index >= 15 is 0 Å². The number of aliphatic hydroxyl groups excluding tert-OH is 4. The van der Waals surface area contributed by atoms with Gasteiger partial charge in [0, 0.05) is 11.3 Å². The SMILES string of the molecule is C[C@@H]1C[C@@H]([C@H](O)C(C)(C)O)O[C@H]2C(=O)[C@@]3(C)[C@@H]4CC[C@H]5C(C)(C)[C@@H](O[C@@H]6OC[C@@H](O)[C@H](O)[C@H]6O)CC[C@@]56C[C@@]46CC[C@]3(C)[C@@H]12. The van der Waals surface area contributed by atoms with Crippen LogP contribution >= 0.6 is 0 Å². The van der Waals surface area contributed by atoms with Crippen LogP contribution in [0.15, 0.2) is 0 Å². The molecule has 5 saturated carbocycles. The molecule has 7 fully saturated rings. The van der Waals surface area contributed by atoms with Gasteiger partial charge < -0.3 is 39.7 Å². The van der Waals surface area contributed by atoms with E-state index in [9.17, 15) is 30.3 Å². The fraction of sp³-hybridized carbons (Fsp3) is 0.971. The molecule has 0 aromatic rings. The van der Waals surface area contributed by atoms with Gasteiger partial charge in [-0.3, -0.25) is 4.79 Å².